The molecular formula is C12H15F2N3O2. The quantitative estimate of drug-likeness (QED) is 0.548. The van der Waals surface area contributed by atoms with Crippen LogP contribution in [0, 0.1) is 11.6 Å². The summed E-state index contributed by atoms with van der Waals surface area (Å²) < 4.78 is 27.1. The molecule has 0 aliphatic heterocycles. The molecule has 0 saturated heterocycles. The molecule has 104 valence electrons. The van der Waals surface area contributed by atoms with Gasteiger partial charge in [0.25, 0.3) is 5.91 Å². The number of halogens is 2. The molecule has 1 saturated carbocycles. The molecule has 1 fully saturated rings. The predicted octanol–water partition coefficient (Wildman–Crippen LogP) is 0.847. The van der Waals surface area contributed by atoms with Crippen molar-refractivity contribution in [2.24, 2.45) is 5.84 Å². The second-order valence-electron chi connectivity index (χ2n) is 4.41. The van der Waals surface area contributed by atoms with Crippen LogP contribution in [0.3, 0.4) is 0 Å². The molecule has 1 aromatic carbocycles. The fourth-order valence-corrected chi connectivity index (χ4v) is 1.94. The number of nitrogens with one attached hydrogen (secondary N) is 1. The standard InChI is InChI=1S/C12H15F2N3O2/c13-9-5-7(6-10(14)11(9)16-15)12(19)17(3-4-18)8-1-2-8/h5-6,8,16,18H,1-4,15H2. The van der Waals surface area contributed by atoms with E-state index < -0.39 is 23.2 Å². The molecule has 0 spiro atoms. The highest BCUT2D eigenvalue weighted by molar-refractivity contribution is 5.95. The first-order chi connectivity index (χ1) is 9.08. The summed E-state index contributed by atoms with van der Waals surface area (Å²) in [5.74, 6) is 2.65. The van der Waals surface area contributed by atoms with Crippen molar-refractivity contribution in [1.82, 2.24) is 4.90 Å². The molecule has 1 aliphatic carbocycles. The summed E-state index contributed by atoms with van der Waals surface area (Å²) in [4.78, 5) is 13.6. The van der Waals surface area contributed by atoms with Gasteiger partial charge in [0, 0.05) is 18.2 Å². The number of benzene rings is 1. The van der Waals surface area contributed by atoms with Gasteiger partial charge in [0.15, 0.2) is 11.6 Å². The molecule has 2 rings (SSSR count). The minimum Gasteiger partial charge on any atom is -0.395 e. The summed E-state index contributed by atoms with van der Waals surface area (Å²) in [5, 5.41) is 8.93. The number of anilines is 1. The zero-order valence-corrected chi connectivity index (χ0v) is 10.2. The molecule has 0 atom stereocenters. The Morgan fingerprint density at radius 3 is 2.42 bits per heavy atom. The third kappa shape index (κ3) is 2.82. The van der Waals surface area contributed by atoms with Crippen LogP contribution >= 0.6 is 0 Å². The van der Waals surface area contributed by atoms with E-state index in [-0.39, 0.29) is 24.8 Å². The summed E-state index contributed by atoms with van der Waals surface area (Å²) in [6.45, 7) is -0.0285. The molecular weight excluding hydrogens is 256 g/mol. The highest BCUT2D eigenvalue weighted by Crippen LogP contribution is 2.29. The van der Waals surface area contributed by atoms with E-state index in [4.69, 9.17) is 10.9 Å². The third-order valence-corrected chi connectivity index (χ3v) is 3.02. The smallest absolute Gasteiger partial charge is 0.254 e. The van der Waals surface area contributed by atoms with Crippen molar-refractivity contribution >= 4 is 11.6 Å². The number of hydrazine groups is 1. The number of rotatable bonds is 5. The van der Waals surface area contributed by atoms with Crippen LogP contribution in [0.2, 0.25) is 0 Å². The molecule has 0 radical (unpaired) electrons. The minimum absolute atomic E-state index is 0.0538. The Hall–Kier alpha value is -1.73. The van der Waals surface area contributed by atoms with E-state index in [0.29, 0.717) is 0 Å². The summed E-state index contributed by atoms with van der Waals surface area (Å²) in [6.07, 6.45) is 1.69. The third-order valence-electron chi connectivity index (χ3n) is 3.02. The molecule has 1 amide bonds. The number of nitrogen functional groups attached to an aromatic ring is 1. The lowest BCUT2D eigenvalue weighted by Crippen LogP contribution is -2.35. The summed E-state index contributed by atoms with van der Waals surface area (Å²) in [5.41, 5.74) is 1.34. The van der Waals surface area contributed by atoms with Crippen LogP contribution in [0.5, 0.6) is 0 Å². The number of aliphatic hydroxyl groups excluding tert-OH is 1. The first-order valence-electron chi connectivity index (χ1n) is 5.96. The van der Waals surface area contributed by atoms with Crippen LogP contribution in [0.1, 0.15) is 23.2 Å². The van der Waals surface area contributed by atoms with E-state index in [1.807, 2.05) is 5.43 Å². The summed E-state index contributed by atoms with van der Waals surface area (Å²) in [7, 11) is 0. The Kier molecular flexibility index (Phi) is 3.96. The Morgan fingerprint density at radius 2 is 2.00 bits per heavy atom. The van der Waals surface area contributed by atoms with Gasteiger partial charge in [-0.2, -0.15) is 0 Å². The number of nitrogens with two attached hydrogens (primary N) is 1. The number of hydrogen-bond acceptors (Lipinski definition) is 4. The number of aliphatic hydroxyl groups is 1. The maximum absolute atomic E-state index is 13.5. The molecule has 19 heavy (non-hydrogen) atoms. The largest absolute Gasteiger partial charge is 0.395 e. The van der Waals surface area contributed by atoms with Gasteiger partial charge in [0.2, 0.25) is 0 Å². The number of nitrogens with zero attached hydrogens (tertiary/aromatic N) is 1. The molecule has 7 heteroatoms. The van der Waals surface area contributed by atoms with Crippen molar-refractivity contribution < 1.29 is 18.7 Å². The number of carbonyl (C=O) groups is 1. The van der Waals surface area contributed by atoms with Gasteiger partial charge < -0.3 is 15.4 Å². The summed E-state index contributed by atoms with van der Waals surface area (Å²) >= 11 is 0. The van der Waals surface area contributed by atoms with E-state index >= 15 is 0 Å². The normalized spacial score (nSPS) is 14.3. The van der Waals surface area contributed by atoms with Crippen molar-refractivity contribution in [3.63, 3.8) is 0 Å². The molecule has 5 nitrogen and oxygen atoms in total. The van der Waals surface area contributed by atoms with Crippen molar-refractivity contribution in [1.29, 1.82) is 0 Å². The van der Waals surface area contributed by atoms with Crippen molar-refractivity contribution in [2.75, 3.05) is 18.6 Å². The molecule has 0 heterocycles. The number of amides is 1. The van der Waals surface area contributed by atoms with E-state index in [1.54, 1.807) is 0 Å². The topological polar surface area (TPSA) is 78.6 Å². The molecule has 1 aliphatic rings. The Bertz CT molecular complexity index is 469. The number of hydrogen-bond donors (Lipinski definition) is 3. The lowest BCUT2D eigenvalue weighted by molar-refractivity contribution is 0.0706. The van der Waals surface area contributed by atoms with Gasteiger partial charge >= 0.3 is 0 Å². The van der Waals surface area contributed by atoms with Gasteiger partial charge in [-0.1, -0.05) is 0 Å². The van der Waals surface area contributed by atoms with E-state index in [0.717, 1.165) is 25.0 Å². The first kappa shape index (κ1) is 13.7. The van der Waals surface area contributed by atoms with E-state index in [1.165, 1.54) is 4.90 Å². The Balaban J connectivity index is 2.27. The van der Waals surface area contributed by atoms with Gasteiger partial charge in [-0.25, -0.2) is 8.78 Å². The lowest BCUT2D eigenvalue weighted by atomic mass is 10.1. The fourth-order valence-electron chi connectivity index (χ4n) is 1.94. The van der Waals surface area contributed by atoms with Crippen LogP contribution in [0.25, 0.3) is 0 Å². The molecule has 0 aromatic heterocycles. The van der Waals surface area contributed by atoms with Crippen LogP contribution < -0.4 is 11.3 Å². The Labute approximate surface area is 109 Å². The molecule has 0 unspecified atom stereocenters. The molecule has 0 bridgehead atoms. The van der Waals surface area contributed by atoms with E-state index in [9.17, 15) is 13.6 Å². The molecule has 4 N–H and O–H groups in total. The zero-order valence-electron chi connectivity index (χ0n) is 10.2. The van der Waals surface area contributed by atoms with Crippen LogP contribution in [-0.4, -0.2) is 35.1 Å². The highest BCUT2D eigenvalue weighted by atomic mass is 19.1. The average molecular weight is 271 g/mol. The highest BCUT2D eigenvalue weighted by Gasteiger charge is 2.33. The zero-order chi connectivity index (χ0) is 14.0. The van der Waals surface area contributed by atoms with Gasteiger partial charge in [-0.15, -0.1) is 0 Å². The first-order valence-corrected chi connectivity index (χ1v) is 5.96. The summed E-state index contributed by atoms with van der Waals surface area (Å²) in [6, 6.07) is 1.93. The average Bonchev–Trinajstić information content (AvgIpc) is 3.19. The van der Waals surface area contributed by atoms with Crippen LogP contribution in [-0.2, 0) is 0 Å². The van der Waals surface area contributed by atoms with Crippen molar-refractivity contribution in [3.05, 3.63) is 29.3 Å². The van der Waals surface area contributed by atoms with Gasteiger partial charge in [0.05, 0.1) is 6.61 Å². The second kappa shape index (κ2) is 5.50. The van der Waals surface area contributed by atoms with Crippen LogP contribution in [0.15, 0.2) is 12.1 Å². The maximum Gasteiger partial charge on any atom is 0.254 e. The van der Waals surface area contributed by atoms with Crippen molar-refractivity contribution in [3.8, 4) is 0 Å². The minimum atomic E-state index is -0.925. The van der Waals surface area contributed by atoms with E-state index in [2.05, 4.69) is 0 Å². The second-order valence-corrected chi connectivity index (χ2v) is 4.41. The SMILES string of the molecule is NNc1c(F)cc(C(=O)N(CCO)C2CC2)cc1F. The van der Waals surface area contributed by atoms with Crippen LogP contribution in [0.4, 0.5) is 14.5 Å². The maximum atomic E-state index is 13.5. The van der Waals surface area contributed by atoms with Gasteiger partial charge in [0.1, 0.15) is 5.69 Å². The molecule has 1 aromatic rings. The monoisotopic (exact) mass is 271 g/mol. The lowest BCUT2D eigenvalue weighted by Gasteiger charge is -2.21. The van der Waals surface area contributed by atoms with Crippen molar-refractivity contribution in [2.45, 2.75) is 18.9 Å². The van der Waals surface area contributed by atoms with Gasteiger partial charge in [-0.05, 0) is 25.0 Å². The van der Waals surface area contributed by atoms with Gasteiger partial charge in [-0.3, -0.25) is 10.6 Å². The number of carbonyl (C=O) groups excluding carboxylic acids is 1. The predicted molar refractivity (Wildman–Crippen MR) is 65.3 cm³/mol. The fraction of sp³-hybridized carbons (Fsp3) is 0.417. The Morgan fingerprint density at radius 1 is 1.42 bits per heavy atom.